The Balaban J connectivity index is 1.95. The highest BCUT2D eigenvalue weighted by atomic mass is 35.5. The van der Waals surface area contributed by atoms with E-state index in [9.17, 15) is 0 Å². The predicted molar refractivity (Wildman–Crippen MR) is 72.6 cm³/mol. The fourth-order valence-corrected chi connectivity index (χ4v) is 1.78. The number of benzene rings is 1. The monoisotopic (exact) mass is 265 g/mol. The summed E-state index contributed by atoms with van der Waals surface area (Å²) in [6, 6.07) is 11.5. The van der Waals surface area contributed by atoms with Gasteiger partial charge in [-0.3, -0.25) is 0 Å². The van der Waals surface area contributed by atoms with Crippen LogP contribution in [0, 0.1) is 0 Å². The number of rotatable bonds is 6. The Bertz CT molecular complexity index is 479. The molecule has 1 aromatic heterocycles. The first-order valence-electron chi connectivity index (χ1n) is 5.96. The molecule has 0 fully saturated rings. The second-order valence-electron chi connectivity index (χ2n) is 4.03. The van der Waals surface area contributed by atoms with Gasteiger partial charge in [-0.25, -0.2) is 0 Å². The maximum absolute atomic E-state index is 8.66. The van der Waals surface area contributed by atoms with Crippen molar-refractivity contribution in [2.75, 3.05) is 13.2 Å². The average molecular weight is 266 g/mol. The molecule has 0 saturated heterocycles. The third kappa shape index (κ3) is 3.60. The largest absolute Gasteiger partial charge is 0.460 e. The Morgan fingerprint density at radius 3 is 2.61 bits per heavy atom. The van der Waals surface area contributed by atoms with Crippen molar-refractivity contribution in [1.29, 1.82) is 0 Å². The molecule has 0 unspecified atom stereocenters. The van der Waals surface area contributed by atoms with Crippen LogP contribution in [0.5, 0.6) is 0 Å². The van der Waals surface area contributed by atoms with Crippen LogP contribution in [0.2, 0.25) is 5.02 Å². The van der Waals surface area contributed by atoms with Gasteiger partial charge in [-0.2, -0.15) is 0 Å². The van der Waals surface area contributed by atoms with Crippen molar-refractivity contribution in [2.24, 2.45) is 0 Å². The molecule has 2 N–H and O–H groups in total. The number of halogens is 1. The molecule has 0 atom stereocenters. The van der Waals surface area contributed by atoms with Crippen molar-refractivity contribution in [3.8, 4) is 11.3 Å². The minimum absolute atomic E-state index is 0.210. The molecule has 1 heterocycles. The molecule has 1 aromatic carbocycles. The summed E-state index contributed by atoms with van der Waals surface area (Å²) in [6.07, 6.45) is 0.755. The zero-order chi connectivity index (χ0) is 12.8. The maximum atomic E-state index is 8.66. The summed E-state index contributed by atoms with van der Waals surface area (Å²) in [4.78, 5) is 0. The van der Waals surface area contributed by atoms with Crippen LogP contribution in [0.25, 0.3) is 11.3 Å². The molecule has 4 heteroatoms. The number of nitrogens with one attached hydrogen (secondary N) is 1. The van der Waals surface area contributed by atoms with Gasteiger partial charge in [0.15, 0.2) is 0 Å². The van der Waals surface area contributed by atoms with E-state index in [4.69, 9.17) is 21.1 Å². The number of furan rings is 1. The molecule has 0 aliphatic heterocycles. The Hall–Kier alpha value is -1.29. The van der Waals surface area contributed by atoms with Gasteiger partial charge >= 0.3 is 0 Å². The van der Waals surface area contributed by atoms with E-state index in [0.29, 0.717) is 6.54 Å². The summed E-state index contributed by atoms with van der Waals surface area (Å²) in [7, 11) is 0. The molecule has 18 heavy (non-hydrogen) atoms. The van der Waals surface area contributed by atoms with Crippen molar-refractivity contribution in [3.05, 3.63) is 47.2 Å². The molecule has 0 aliphatic carbocycles. The van der Waals surface area contributed by atoms with Gasteiger partial charge in [-0.05, 0) is 49.4 Å². The Kier molecular flexibility index (Phi) is 4.81. The molecule has 0 bridgehead atoms. The first-order valence-corrected chi connectivity index (χ1v) is 6.33. The van der Waals surface area contributed by atoms with Crippen molar-refractivity contribution in [2.45, 2.75) is 13.0 Å². The van der Waals surface area contributed by atoms with Crippen molar-refractivity contribution in [1.82, 2.24) is 5.32 Å². The molecule has 0 spiro atoms. The lowest BCUT2D eigenvalue weighted by Crippen LogP contribution is -2.15. The minimum Gasteiger partial charge on any atom is -0.460 e. The third-order valence-electron chi connectivity index (χ3n) is 2.60. The molecule has 2 aromatic rings. The van der Waals surface area contributed by atoms with E-state index in [1.807, 2.05) is 36.4 Å². The van der Waals surface area contributed by atoms with Crippen LogP contribution < -0.4 is 5.32 Å². The van der Waals surface area contributed by atoms with E-state index < -0.39 is 0 Å². The zero-order valence-electron chi connectivity index (χ0n) is 10.0. The zero-order valence-corrected chi connectivity index (χ0v) is 10.8. The van der Waals surface area contributed by atoms with Gasteiger partial charge in [0.2, 0.25) is 0 Å². The van der Waals surface area contributed by atoms with Crippen LogP contribution >= 0.6 is 11.6 Å². The summed E-state index contributed by atoms with van der Waals surface area (Å²) in [6.45, 7) is 1.67. The molecule has 96 valence electrons. The highest BCUT2D eigenvalue weighted by Gasteiger charge is 2.04. The third-order valence-corrected chi connectivity index (χ3v) is 2.85. The molecule has 0 amide bonds. The second kappa shape index (κ2) is 6.59. The van der Waals surface area contributed by atoms with Crippen LogP contribution in [0.1, 0.15) is 12.2 Å². The second-order valence-corrected chi connectivity index (χ2v) is 4.46. The fourth-order valence-electron chi connectivity index (χ4n) is 1.66. The van der Waals surface area contributed by atoms with Gasteiger partial charge in [0.1, 0.15) is 11.5 Å². The van der Waals surface area contributed by atoms with Crippen LogP contribution in [0.3, 0.4) is 0 Å². The van der Waals surface area contributed by atoms with E-state index in [1.165, 1.54) is 0 Å². The summed E-state index contributed by atoms with van der Waals surface area (Å²) in [5.41, 5.74) is 1.01. The van der Waals surface area contributed by atoms with Gasteiger partial charge in [0.05, 0.1) is 6.54 Å². The van der Waals surface area contributed by atoms with Crippen LogP contribution in [-0.4, -0.2) is 18.3 Å². The van der Waals surface area contributed by atoms with E-state index in [1.54, 1.807) is 0 Å². The highest BCUT2D eigenvalue weighted by Crippen LogP contribution is 2.23. The quantitative estimate of drug-likeness (QED) is 0.789. The molecular weight excluding hydrogens is 250 g/mol. The van der Waals surface area contributed by atoms with Crippen LogP contribution in [-0.2, 0) is 6.54 Å². The first-order chi connectivity index (χ1) is 8.79. The van der Waals surface area contributed by atoms with E-state index in [-0.39, 0.29) is 6.61 Å². The average Bonchev–Trinajstić information content (AvgIpc) is 2.84. The van der Waals surface area contributed by atoms with Gasteiger partial charge in [-0.1, -0.05) is 11.6 Å². The molecule has 2 rings (SSSR count). The summed E-state index contributed by atoms with van der Waals surface area (Å²) in [5.74, 6) is 1.73. The van der Waals surface area contributed by atoms with Gasteiger partial charge in [-0.15, -0.1) is 0 Å². The summed E-state index contributed by atoms with van der Waals surface area (Å²) in [5, 5.41) is 12.6. The van der Waals surface area contributed by atoms with E-state index in [2.05, 4.69) is 5.32 Å². The van der Waals surface area contributed by atoms with Crippen LogP contribution in [0.15, 0.2) is 40.8 Å². The van der Waals surface area contributed by atoms with Gasteiger partial charge < -0.3 is 14.8 Å². The topological polar surface area (TPSA) is 45.4 Å². The smallest absolute Gasteiger partial charge is 0.134 e. The van der Waals surface area contributed by atoms with Crippen molar-refractivity contribution in [3.63, 3.8) is 0 Å². The number of hydrogen-bond acceptors (Lipinski definition) is 3. The normalized spacial score (nSPS) is 10.8. The van der Waals surface area contributed by atoms with Crippen molar-refractivity contribution < 1.29 is 9.52 Å². The van der Waals surface area contributed by atoms with E-state index in [0.717, 1.165) is 35.1 Å². The molecule has 0 saturated carbocycles. The standard InChI is InChI=1S/C14H16ClNO2/c15-12-4-2-11(3-5-12)14-7-6-13(18-14)10-16-8-1-9-17/h2-7,16-17H,1,8-10H2. The Labute approximate surface area is 111 Å². The summed E-state index contributed by atoms with van der Waals surface area (Å²) >= 11 is 5.84. The SMILES string of the molecule is OCCCNCc1ccc(-c2ccc(Cl)cc2)o1. The van der Waals surface area contributed by atoms with Gasteiger partial charge in [0, 0.05) is 17.2 Å². The predicted octanol–water partition coefficient (Wildman–Crippen LogP) is 3.07. The fraction of sp³-hybridized carbons (Fsp3) is 0.286. The maximum Gasteiger partial charge on any atom is 0.134 e. The molecule has 3 nitrogen and oxygen atoms in total. The number of aliphatic hydroxyl groups excluding tert-OH is 1. The highest BCUT2D eigenvalue weighted by molar-refractivity contribution is 6.30. The first kappa shape index (κ1) is 13.1. The number of aliphatic hydroxyl groups is 1. The molecular formula is C14H16ClNO2. The lowest BCUT2D eigenvalue weighted by molar-refractivity contribution is 0.285. The van der Waals surface area contributed by atoms with Crippen LogP contribution in [0.4, 0.5) is 0 Å². The van der Waals surface area contributed by atoms with Gasteiger partial charge in [0.25, 0.3) is 0 Å². The molecule has 0 radical (unpaired) electrons. The Morgan fingerprint density at radius 2 is 1.89 bits per heavy atom. The lowest BCUT2D eigenvalue weighted by Gasteiger charge is -2.00. The van der Waals surface area contributed by atoms with Crippen molar-refractivity contribution >= 4 is 11.6 Å². The lowest BCUT2D eigenvalue weighted by atomic mass is 10.2. The Morgan fingerprint density at radius 1 is 1.11 bits per heavy atom. The number of hydrogen-bond donors (Lipinski definition) is 2. The molecule has 0 aliphatic rings. The summed E-state index contributed by atoms with van der Waals surface area (Å²) < 4.78 is 5.72. The van der Waals surface area contributed by atoms with E-state index >= 15 is 0 Å². The minimum atomic E-state index is 0.210.